The molecular formula is C24H39ClN2O2. The first-order chi connectivity index (χ1) is 13.9. The van der Waals surface area contributed by atoms with Gasteiger partial charge in [-0.15, -0.1) is 11.6 Å². The number of likely N-dealkylation sites (tertiary alicyclic amines) is 1. The number of halogens is 1. The molecule has 2 atom stereocenters. The van der Waals surface area contributed by atoms with E-state index >= 15 is 0 Å². The van der Waals surface area contributed by atoms with E-state index in [1.165, 1.54) is 0 Å². The summed E-state index contributed by atoms with van der Waals surface area (Å²) in [5.74, 6) is -0.248. The fraction of sp³-hybridized carbons (Fsp3) is 0.708. The van der Waals surface area contributed by atoms with Crippen LogP contribution in [0.3, 0.4) is 0 Å². The zero-order chi connectivity index (χ0) is 21.3. The van der Waals surface area contributed by atoms with Crippen molar-refractivity contribution in [1.82, 2.24) is 9.80 Å². The summed E-state index contributed by atoms with van der Waals surface area (Å²) in [5, 5.41) is 11.2. The number of alkyl halides is 1. The molecule has 1 saturated heterocycles. The SMILES string of the molecule is CCCCN(CCCC)C(=O)C(C)C1(O)CCN(CC(Cl)c2ccccc2)CC1. The van der Waals surface area contributed by atoms with Crippen LogP contribution in [0.5, 0.6) is 0 Å². The predicted molar refractivity (Wildman–Crippen MR) is 121 cm³/mol. The zero-order valence-corrected chi connectivity index (χ0v) is 19.2. The molecule has 164 valence electrons. The van der Waals surface area contributed by atoms with Crippen molar-refractivity contribution in [1.29, 1.82) is 0 Å². The fourth-order valence-electron chi connectivity index (χ4n) is 4.08. The van der Waals surface area contributed by atoms with E-state index in [0.29, 0.717) is 12.8 Å². The minimum atomic E-state index is -0.918. The van der Waals surface area contributed by atoms with Crippen molar-refractivity contribution in [2.75, 3.05) is 32.7 Å². The molecular weight excluding hydrogens is 384 g/mol. The lowest BCUT2D eigenvalue weighted by Crippen LogP contribution is -2.53. The van der Waals surface area contributed by atoms with E-state index in [1.54, 1.807) is 0 Å². The van der Waals surface area contributed by atoms with Crippen molar-refractivity contribution < 1.29 is 9.90 Å². The number of unbranched alkanes of at least 4 members (excludes halogenated alkanes) is 2. The van der Waals surface area contributed by atoms with Crippen molar-refractivity contribution in [2.24, 2.45) is 5.92 Å². The van der Waals surface area contributed by atoms with Gasteiger partial charge in [-0.3, -0.25) is 4.79 Å². The Morgan fingerprint density at radius 3 is 2.21 bits per heavy atom. The summed E-state index contributed by atoms with van der Waals surface area (Å²) in [5.41, 5.74) is 0.208. The Morgan fingerprint density at radius 1 is 1.14 bits per heavy atom. The second-order valence-corrected chi connectivity index (χ2v) is 9.06. The van der Waals surface area contributed by atoms with Gasteiger partial charge in [0.15, 0.2) is 0 Å². The van der Waals surface area contributed by atoms with Crippen molar-refractivity contribution in [3.05, 3.63) is 35.9 Å². The quantitative estimate of drug-likeness (QED) is 0.518. The average molecular weight is 423 g/mol. The maximum atomic E-state index is 13.1. The highest BCUT2D eigenvalue weighted by atomic mass is 35.5. The van der Waals surface area contributed by atoms with Crippen molar-refractivity contribution in [3.8, 4) is 0 Å². The molecule has 0 aliphatic carbocycles. The highest BCUT2D eigenvalue weighted by Gasteiger charge is 2.42. The number of carbonyl (C=O) groups is 1. The van der Waals surface area contributed by atoms with Crippen LogP contribution in [0.4, 0.5) is 0 Å². The molecule has 29 heavy (non-hydrogen) atoms. The van der Waals surface area contributed by atoms with Gasteiger partial charge in [-0.1, -0.05) is 63.9 Å². The Balaban J connectivity index is 1.91. The Morgan fingerprint density at radius 2 is 1.69 bits per heavy atom. The first kappa shape index (κ1) is 24.2. The molecule has 1 fully saturated rings. The van der Waals surface area contributed by atoms with E-state index in [-0.39, 0.29) is 17.2 Å². The number of benzene rings is 1. The molecule has 0 aromatic heterocycles. The smallest absolute Gasteiger partial charge is 0.228 e. The zero-order valence-electron chi connectivity index (χ0n) is 18.4. The molecule has 5 heteroatoms. The van der Waals surface area contributed by atoms with Crippen LogP contribution in [0.25, 0.3) is 0 Å². The van der Waals surface area contributed by atoms with E-state index in [9.17, 15) is 9.90 Å². The second-order valence-electron chi connectivity index (χ2n) is 8.54. The van der Waals surface area contributed by atoms with Gasteiger partial charge in [0.2, 0.25) is 5.91 Å². The van der Waals surface area contributed by atoms with Gasteiger partial charge in [-0.2, -0.15) is 0 Å². The molecule has 4 nitrogen and oxygen atoms in total. The molecule has 1 amide bonds. The van der Waals surface area contributed by atoms with Gasteiger partial charge < -0.3 is 14.9 Å². The number of nitrogens with zero attached hydrogens (tertiary/aromatic N) is 2. The van der Waals surface area contributed by atoms with Gasteiger partial charge >= 0.3 is 0 Å². The maximum Gasteiger partial charge on any atom is 0.228 e. The first-order valence-corrected chi connectivity index (χ1v) is 11.8. The largest absolute Gasteiger partial charge is 0.389 e. The molecule has 0 saturated carbocycles. The number of rotatable bonds is 11. The average Bonchev–Trinajstić information content (AvgIpc) is 2.75. The van der Waals surface area contributed by atoms with Gasteiger partial charge in [0.1, 0.15) is 0 Å². The number of hydrogen-bond acceptors (Lipinski definition) is 3. The summed E-state index contributed by atoms with van der Waals surface area (Å²) in [7, 11) is 0. The molecule has 1 aliphatic rings. The summed E-state index contributed by atoms with van der Waals surface area (Å²) in [4.78, 5) is 17.4. The summed E-state index contributed by atoms with van der Waals surface area (Å²) >= 11 is 6.60. The number of aliphatic hydroxyl groups is 1. The molecule has 2 unspecified atom stereocenters. The van der Waals surface area contributed by atoms with Crippen LogP contribution in [0.1, 0.15) is 70.2 Å². The van der Waals surface area contributed by atoms with Gasteiger partial charge in [0, 0.05) is 32.7 Å². The summed E-state index contributed by atoms with van der Waals surface area (Å²) < 4.78 is 0. The third-order valence-corrected chi connectivity index (χ3v) is 6.74. The molecule has 0 bridgehead atoms. The van der Waals surface area contributed by atoms with Crippen molar-refractivity contribution in [3.63, 3.8) is 0 Å². The molecule has 1 heterocycles. The third-order valence-electron chi connectivity index (χ3n) is 6.35. The van der Waals surface area contributed by atoms with Crippen LogP contribution in [-0.2, 0) is 4.79 Å². The second kappa shape index (κ2) is 11.9. The Bertz CT molecular complexity index is 594. The van der Waals surface area contributed by atoms with Gasteiger partial charge in [-0.25, -0.2) is 0 Å². The van der Waals surface area contributed by atoms with Crippen LogP contribution in [0.2, 0.25) is 0 Å². The lowest BCUT2D eigenvalue weighted by Gasteiger charge is -2.43. The predicted octanol–water partition coefficient (Wildman–Crippen LogP) is 4.86. The number of piperidine rings is 1. The maximum absolute atomic E-state index is 13.1. The third kappa shape index (κ3) is 6.97. The Hall–Kier alpha value is -1.10. The molecule has 1 aromatic carbocycles. The lowest BCUT2D eigenvalue weighted by molar-refractivity contribution is -0.148. The molecule has 1 N–H and O–H groups in total. The van der Waals surface area contributed by atoms with Crippen LogP contribution >= 0.6 is 11.6 Å². The minimum absolute atomic E-state index is 0.0555. The van der Waals surface area contributed by atoms with Gasteiger partial charge in [0.05, 0.1) is 16.9 Å². The van der Waals surface area contributed by atoms with Gasteiger partial charge in [-0.05, 0) is 31.2 Å². The topological polar surface area (TPSA) is 43.8 Å². The standard InChI is InChI=1S/C24H39ClN2O2/c1-4-6-15-27(16-7-5-2)23(28)20(3)24(29)13-17-26(18-14-24)19-22(25)21-11-9-8-10-12-21/h8-12,20,22,29H,4-7,13-19H2,1-3H3. The summed E-state index contributed by atoms with van der Waals surface area (Å²) in [6.07, 6.45) is 5.42. The van der Waals surface area contributed by atoms with Crippen LogP contribution in [0.15, 0.2) is 30.3 Å². The molecule has 2 rings (SSSR count). The van der Waals surface area contributed by atoms with Crippen molar-refractivity contribution >= 4 is 17.5 Å². The van der Waals surface area contributed by atoms with Gasteiger partial charge in [0.25, 0.3) is 0 Å². The number of hydrogen-bond donors (Lipinski definition) is 1. The molecule has 1 aliphatic heterocycles. The van der Waals surface area contributed by atoms with E-state index in [0.717, 1.165) is 64.0 Å². The molecule has 0 radical (unpaired) electrons. The number of amides is 1. The molecule has 0 spiro atoms. The van der Waals surface area contributed by atoms with E-state index in [4.69, 9.17) is 11.6 Å². The van der Waals surface area contributed by atoms with E-state index < -0.39 is 5.60 Å². The normalized spacial score (nSPS) is 18.9. The van der Waals surface area contributed by atoms with Crippen molar-refractivity contribution in [2.45, 2.75) is 70.3 Å². The fourth-order valence-corrected chi connectivity index (χ4v) is 4.42. The first-order valence-electron chi connectivity index (χ1n) is 11.3. The highest BCUT2D eigenvalue weighted by Crippen LogP contribution is 2.33. The van der Waals surface area contributed by atoms with Crippen LogP contribution in [-0.4, -0.2) is 59.1 Å². The Kier molecular flexibility index (Phi) is 9.94. The summed E-state index contributed by atoms with van der Waals surface area (Å²) in [6, 6.07) is 10.1. The molecule has 1 aromatic rings. The monoisotopic (exact) mass is 422 g/mol. The van der Waals surface area contributed by atoms with Crippen LogP contribution < -0.4 is 0 Å². The lowest BCUT2D eigenvalue weighted by atomic mass is 9.79. The highest BCUT2D eigenvalue weighted by molar-refractivity contribution is 6.21. The van der Waals surface area contributed by atoms with E-state index in [2.05, 4.69) is 30.9 Å². The number of carbonyl (C=O) groups excluding carboxylic acids is 1. The van der Waals surface area contributed by atoms with Crippen LogP contribution in [0, 0.1) is 5.92 Å². The van der Waals surface area contributed by atoms with E-state index in [1.807, 2.05) is 30.0 Å². The Labute approximate surface area is 182 Å². The minimum Gasteiger partial charge on any atom is -0.389 e. The summed E-state index contributed by atoms with van der Waals surface area (Å²) in [6.45, 7) is 10.1.